The molecule has 1 aliphatic carbocycles. The number of imide groups is 3. The number of nitrogens with one attached hydrogen (secondary N) is 2. The van der Waals surface area contributed by atoms with Gasteiger partial charge >= 0.3 is 5.97 Å². The molecule has 3 aliphatic heterocycles. The lowest BCUT2D eigenvalue weighted by Gasteiger charge is -2.61. The van der Waals surface area contributed by atoms with Crippen LogP contribution in [-0.2, 0) is 46.3 Å². The summed E-state index contributed by atoms with van der Waals surface area (Å²) in [5.41, 5.74) is 27.1. The summed E-state index contributed by atoms with van der Waals surface area (Å²) in [6.45, 7) is 5.22. The van der Waals surface area contributed by atoms with Gasteiger partial charge in [0.05, 0.1) is 37.0 Å². The van der Waals surface area contributed by atoms with E-state index < -0.39 is 94.7 Å². The molecule has 18 nitrogen and oxygen atoms in total. The predicted molar refractivity (Wildman–Crippen MR) is 249 cm³/mol. The fraction of sp³-hybridized carbons (Fsp3) is 0.667. The highest BCUT2D eigenvalue weighted by Gasteiger charge is 2.76. The van der Waals surface area contributed by atoms with E-state index in [1.807, 2.05) is 6.07 Å². The number of benzene rings is 1. The molecule has 2 bridgehead atoms. The van der Waals surface area contributed by atoms with Crippen molar-refractivity contribution in [2.45, 2.75) is 158 Å². The number of H-pyrrole nitrogens is 1. The fourth-order valence-electron chi connectivity index (χ4n) is 9.68. The van der Waals surface area contributed by atoms with Gasteiger partial charge in [0, 0.05) is 37.4 Å². The Labute approximate surface area is 394 Å². The number of fused-ring (bicyclic) bond motifs is 3. The van der Waals surface area contributed by atoms with Gasteiger partial charge in [0.25, 0.3) is 11.8 Å². The van der Waals surface area contributed by atoms with E-state index in [0.29, 0.717) is 36.4 Å². The van der Waals surface area contributed by atoms with Gasteiger partial charge in [-0.2, -0.15) is 0 Å². The third-order valence-corrected chi connectivity index (χ3v) is 13.0. The number of carbonyl (C=O) groups is 6. The summed E-state index contributed by atoms with van der Waals surface area (Å²) in [4.78, 5) is 99.3. The number of halogens is 2. The highest BCUT2D eigenvalue weighted by molar-refractivity contribution is 6.26. The normalized spacial score (nSPS) is 24.2. The molecule has 1 aromatic heterocycles. The van der Waals surface area contributed by atoms with Crippen molar-refractivity contribution in [1.29, 1.82) is 0 Å². The van der Waals surface area contributed by atoms with Crippen molar-refractivity contribution < 1.29 is 38.6 Å². The molecule has 65 heavy (non-hydrogen) atoms. The maximum absolute atomic E-state index is 16.1. The SMILES string of the molecule is CC(C)(C)OC(=O)[C@]1(N)C2CCN(CC2)[C@@]1(C(=O)[C@H](Cc1cnc[nH]1)NC(=O)[C@@H](N)Cc1ccccc1)C(=O)N(C(=O)C[C@@H](O)C(N)CC1CCCCC1)C(=O)[C@@H](N)CCCCN.Cl.Cl. The van der Waals surface area contributed by atoms with Crippen LogP contribution in [-0.4, -0.2) is 127 Å². The van der Waals surface area contributed by atoms with Crippen molar-refractivity contribution in [3.63, 3.8) is 0 Å². The first-order valence-electron chi connectivity index (χ1n) is 22.5. The van der Waals surface area contributed by atoms with E-state index in [4.69, 9.17) is 33.4 Å². The van der Waals surface area contributed by atoms with E-state index in [9.17, 15) is 24.3 Å². The first kappa shape index (κ1) is 55.5. The van der Waals surface area contributed by atoms with Gasteiger partial charge in [0.15, 0.2) is 16.9 Å². The van der Waals surface area contributed by atoms with Gasteiger partial charge in [-0.3, -0.25) is 28.9 Å². The number of ether oxygens (including phenoxy) is 1. The summed E-state index contributed by atoms with van der Waals surface area (Å²) in [5, 5.41) is 14.2. The third-order valence-electron chi connectivity index (χ3n) is 13.0. The number of hydrogen-bond acceptors (Lipinski definition) is 15. The van der Waals surface area contributed by atoms with Crippen molar-refractivity contribution >= 4 is 60.2 Å². The number of ketones is 1. The number of amides is 4. The van der Waals surface area contributed by atoms with E-state index in [-0.39, 0.29) is 75.9 Å². The highest BCUT2D eigenvalue weighted by atomic mass is 35.5. The summed E-state index contributed by atoms with van der Waals surface area (Å²) in [5.74, 6) is -7.33. The molecular weight excluding hydrogens is 879 g/mol. The Bertz CT molecular complexity index is 1890. The summed E-state index contributed by atoms with van der Waals surface area (Å²) in [6, 6.07) is 3.89. The molecule has 1 aromatic carbocycles. The number of aromatic nitrogens is 2. The minimum atomic E-state index is -2.84. The quantitative estimate of drug-likeness (QED) is 0.0527. The topological polar surface area (TPSA) is 309 Å². The second kappa shape index (κ2) is 24.3. The predicted octanol–water partition coefficient (Wildman–Crippen LogP) is 1.31. The van der Waals surface area contributed by atoms with Crippen molar-refractivity contribution in [1.82, 2.24) is 25.1 Å². The lowest BCUT2D eigenvalue weighted by Crippen LogP contribution is -2.89. The molecule has 1 saturated carbocycles. The Kier molecular flexibility index (Phi) is 20.7. The number of hydrogen-bond donors (Lipinski definition) is 8. The number of piperidine rings is 3. The van der Waals surface area contributed by atoms with E-state index in [1.54, 1.807) is 45.0 Å². The molecule has 7 atom stereocenters. The van der Waals surface area contributed by atoms with Crippen LogP contribution in [0.15, 0.2) is 42.9 Å². The largest absolute Gasteiger partial charge is 0.459 e. The zero-order valence-electron chi connectivity index (χ0n) is 38.0. The van der Waals surface area contributed by atoms with E-state index in [1.165, 1.54) is 17.4 Å². The smallest absolute Gasteiger partial charge is 0.329 e. The van der Waals surface area contributed by atoms with Gasteiger partial charge in [-0.15, -0.1) is 24.8 Å². The summed E-state index contributed by atoms with van der Waals surface area (Å²) in [7, 11) is 0. The van der Waals surface area contributed by atoms with E-state index in [0.717, 1.165) is 37.7 Å². The average molecular weight is 952 g/mol. The number of aromatic amines is 1. The van der Waals surface area contributed by atoms with Crippen molar-refractivity contribution in [2.24, 2.45) is 40.5 Å². The van der Waals surface area contributed by atoms with E-state index >= 15 is 9.59 Å². The molecule has 2 aromatic rings. The molecule has 3 saturated heterocycles. The standard InChI is InChI=1S/C45H70N10O8.2ClH/c1-43(2,3)63-42(62)44(50)30-17-20-54(21-18-30)45(44,38(58)35(24-31-26-51-27-52-31)53-39(59)34(49)23-29-14-8-5-9-15-29)41(61)55(40(60)32(47)16-10-11-19-46)37(57)25-36(56)33(48)22-28-12-6-4-7-13-28;;/h5,8-9,14-15,26-28,30,32-36,56H,4,6-7,10-13,16-25,46-50H2,1-3H3,(H,51,52)(H,53,59);2*1H/t32-,33?,34-,35-,36+,44+,45-;;/m0../s1. The molecular formula is C45H72Cl2N10O8. The number of nitrogens with two attached hydrogens (primary N) is 5. The first-order chi connectivity index (χ1) is 29.8. The molecule has 364 valence electrons. The zero-order chi connectivity index (χ0) is 46.1. The molecule has 4 fully saturated rings. The summed E-state index contributed by atoms with van der Waals surface area (Å²) >= 11 is 0. The van der Waals surface area contributed by atoms with Crippen LogP contribution in [0.5, 0.6) is 0 Å². The molecule has 6 rings (SSSR count). The fourth-order valence-corrected chi connectivity index (χ4v) is 9.68. The first-order valence-corrected chi connectivity index (χ1v) is 22.5. The van der Waals surface area contributed by atoms with Crippen LogP contribution in [0.4, 0.5) is 0 Å². The Hall–Kier alpha value is -3.85. The van der Waals surface area contributed by atoms with Gasteiger partial charge in [0.1, 0.15) is 5.60 Å². The van der Waals surface area contributed by atoms with Crippen LogP contribution in [0, 0.1) is 11.8 Å². The molecule has 4 aliphatic rings. The number of esters is 1. The second-order valence-electron chi connectivity index (χ2n) is 18.8. The molecule has 1 unspecified atom stereocenters. The molecule has 0 radical (unpaired) electrons. The second-order valence-corrected chi connectivity index (χ2v) is 18.8. The maximum atomic E-state index is 16.1. The Morgan fingerprint density at radius 2 is 1.60 bits per heavy atom. The Balaban J connectivity index is 0.00000561. The van der Waals surface area contributed by atoms with Crippen LogP contribution in [0.2, 0.25) is 0 Å². The van der Waals surface area contributed by atoms with Crippen molar-refractivity contribution in [3.05, 3.63) is 54.1 Å². The minimum Gasteiger partial charge on any atom is -0.459 e. The van der Waals surface area contributed by atoms with Crippen molar-refractivity contribution in [2.75, 3.05) is 19.6 Å². The molecule has 4 heterocycles. The van der Waals surface area contributed by atoms with Crippen LogP contribution in [0.1, 0.15) is 109 Å². The van der Waals surface area contributed by atoms with Crippen molar-refractivity contribution in [3.8, 4) is 0 Å². The van der Waals surface area contributed by atoms with Crippen LogP contribution in [0.25, 0.3) is 0 Å². The Morgan fingerprint density at radius 3 is 2.18 bits per heavy atom. The van der Waals surface area contributed by atoms with Crippen LogP contribution in [0.3, 0.4) is 0 Å². The lowest BCUT2D eigenvalue weighted by atomic mass is 9.57. The minimum absolute atomic E-state index is 0. The van der Waals surface area contributed by atoms with Crippen LogP contribution >= 0.6 is 24.8 Å². The molecule has 4 amide bonds. The number of unbranched alkanes of at least 4 members (excludes halogenated alkanes) is 1. The number of nitrogens with zero attached hydrogens (tertiary/aromatic N) is 3. The van der Waals surface area contributed by atoms with Gasteiger partial charge in [-0.1, -0.05) is 68.9 Å². The average Bonchev–Trinajstić information content (AvgIpc) is 3.77. The summed E-state index contributed by atoms with van der Waals surface area (Å²) < 4.78 is 5.94. The molecule has 20 heteroatoms. The highest BCUT2D eigenvalue weighted by Crippen LogP contribution is 2.49. The van der Waals surface area contributed by atoms with Gasteiger partial charge in [-0.05, 0) is 83.2 Å². The number of rotatable bonds is 20. The number of aliphatic hydroxyl groups is 1. The maximum Gasteiger partial charge on any atom is 0.329 e. The monoisotopic (exact) mass is 950 g/mol. The zero-order valence-corrected chi connectivity index (χ0v) is 39.6. The van der Waals surface area contributed by atoms with Gasteiger partial charge in [0.2, 0.25) is 11.8 Å². The number of imidazole rings is 1. The number of carbonyl (C=O) groups excluding carboxylic acids is 6. The molecule has 13 N–H and O–H groups in total. The van der Waals surface area contributed by atoms with Crippen LogP contribution < -0.4 is 34.0 Å². The van der Waals surface area contributed by atoms with E-state index in [2.05, 4.69) is 15.3 Å². The lowest BCUT2D eigenvalue weighted by molar-refractivity contribution is -0.198. The number of Topliss-reactive ketones (excluding diaryl/α,β-unsaturated/α-hetero) is 1. The van der Waals surface area contributed by atoms with Gasteiger partial charge in [-0.25, -0.2) is 14.7 Å². The van der Waals surface area contributed by atoms with Gasteiger partial charge < -0.3 is 48.8 Å². The molecule has 0 spiro atoms. The number of aliphatic hydroxyl groups excluding tert-OH is 1. The summed E-state index contributed by atoms with van der Waals surface area (Å²) in [6.07, 6.45) is 7.16. The Morgan fingerprint density at radius 1 is 0.954 bits per heavy atom. The third kappa shape index (κ3) is 12.8.